The van der Waals surface area contributed by atoms with Gasteiger partial charge in [0.25, 0.3) is 0 Å². The molecule has 1 aromatic heterocycles. The number of carboxylic acids is 1. The average molecular weight is 280 g/mol. The van der Waals surface area contributed by atoms with Gasteiger partial charge < -0.3 is 20.3 Å². The highest BCUT2D eigenvalue weighted by molar-refractivity contribution is 5.83. The smallest absolute Gasteiger partial charge is 0.326 e. The van der Waals surface area contributed by atoms with Crippen LogP contribution in [0.25, 0.3) is 0 Å². The number of carbonyl (C=O) groups excluding carboxylic acids is 1. The summed E-state index contributed by atoms with van der Waals surface area (Å²) in [6, 6.07) is -1.48. The third kappa shape index (κ3) is 4.42. The minimum absolute atomic E-state index is 0.0467. The fourth-order valence-corrected chi connectivity index (χ4v) is 1.72. The fourth-order valence-electron chi connectivity index (χ4n) is 1.72. The summed E-state index contributed by atoms with van der Waals surface area (Å²) in [5.74, 6) is -1.09. The van der Waals surface area contributed by atoms with Gasteiger partial charge in [0.1, 0.15) is 6.04 Å². The van der Waals surface area contributed by atoms with Gasteiger partial charge in [-0.15, -0.1) is 6.58 Å². The van der Waals surface area contributed by atoms with E-state index in [-0.39, 0.29) is 12.5 Å². The first-order chi connectivity index (χ1) is 9.45. The summed E-state index contributed by atoms with van der Waals surface area (Å²) >= 11 is 0. The number of carbonyl (C=O) groups is 2. The first-order valence-electron chi connectivity index (χ1n) is 6.33. The first kappa shape index (κ1) is 15.7. The maximum Gasteiger partial charge on any atom is 0.326 e. The summed E-state index contributed by atoms with van der Waals surface area (Å²) in [6.07, 6.45) is 4.76. The molecule has 0 bridgehead atoms. The van der Waals surface area contributed by atoms with Crippen LogP contribution in [0.5, 0.6) is 0 Å². The average Bonchev–Trinajstić information content (AvgIpc) is 2.87. The lowest BCUT2D eigenvalue weighted by Crippen LogP contribution is -2.51. The molecule has 7 heteroatoms. The maximum absolute atomic E-state index is 12.1. The summed E-state index contributed by atoms with van der Waals surface area (Å²) in [6.45, 7) is 7.66. The number of hydrogen-bond donors (Lipinski definition) is 3. The second kappa shape index (κ2) is 7.32. The number of aromatic amines is 1. The molecule has 0 aliphatic rings. The number of hydrogen-bond acceptors (Lipinski definition) is 3. The van der Waals surface area contributed by atoms with E-state index in [1.54, 1.807) is 6.08 Å². The Morgan fingerprint density at radius 2 is 2.30 bits per heavy atom. The topological polar surface area (TPSA) is 98.3 Å². The Hall–Kier alpha value is -2.31. The lowest BCUT2D eigenvalue weighted by molar-refractivity contribution is -0.139. The molecule has 1 heterocycles. The normalized spacial score (nSPS) is 11.9. The van der Waals surface area contributed by atoms with Gasteiger partial charge in [0.05, 0.1) is 6.33 Å². The van der Waals surface area contributed by atoms with Crippen molar-refractivity contribution >= 4 is 12.0 Å². The number of H-pyrrole nitrogens is 1. The van der Waals surface area contributed by atoms with Crippen LogP contribution in [0.3, 0.4) is 0 Å². The fraction of sp³-hybridized carbons (Fsp3) is 0.462. The number of nitrogens with one attached hydrogen (secondary N) is 2. The van der Waals surface area contributed by atoms with Crippen molar-refractivity contribution < 1.29 is 14.7 Å². The molecule has 1 atom stereocenters. The van der Waals surface area contributed by atoms with Gasteiger partial charge in [-0.2, -0.15) is 0 Å². The molecule has 1 rings (SSSR count). The molecular formula is C13H20N4O3. The van der Waals surface area contributed by atoms with Gasteiger partial charge >= 0.3 is 12.0 Å². The van der Waals surface area contributed by atoms with Crippen molar-refractivity contribution in [1.82, 2.24) is 20.2 Å². The lowest BCUT2D eigenvalue weighted by Gasteiger charge is -2.27. The van der Waals surface area contributed by atoms with Gasteiger partial charge in [-0.05, 0) is 13.8 Å². The van der Waals surface area contributed by atoms with E-state index in [1.807, 2.05) is 13.8 Å². The van der Waals surface area contributed by atoms with Gasteiger partial charge in [0.15, 0.2) is 0 Å². The second-order valence-electron chi connectivity index (χ2n) is 4.66. The maximum atomic E-state index is 12.1. The van der Waals surface area contributed by atoms with E-state index in [0.717, 1.165) is 0 Å². The number of aliphatic carboxylic acids is 1. The largest absolute Gasteiger partial charge is 0.480 e. The molecule has 110 valence electrons. The zero-order valence-electron chi connectivity index (χ0n) is 11.7. The van der Waals surface area contributed by atoms with E-state index in [0.29, 0.717) is 12.2 Å². The summed E-state index contributed by atoms with van der Waals surface area (Å²) in [7, 11) is 0. The van der Waals surface area contributed by atoms with Crippen LogP contribution < -0.4 is 5.32 Å². The number of amides is 2. The predicted molar refractivity (Wildman–Crippen MR) is 74.3 cm³/mol. The van der Waals surface area contributed by atoms with Crippen molar-refractivity contribution in [3.05, 3.63) is 30.9 Å². The molecule has 0 saturated heterocycles. The zero-order chi connectivity index (χ0) is 15.1. The van der Waals surface area contributed by atoms with Crippen LogP contribution in [0.2, 0.25) is 0 Å². The van der Waals surface area contributed by atoms with Gasteiger partial charge in [-0.25, -0.2) is 14.6 Å². The van der Waals surface area contributed by atoms with Crippen LogP contribution >= 0.6 is 0 Å². The Labute approximate surface area is 117 Å². The third-order valence-corrected chi connectivity index (χ3v) is 2.78. The van der Waals surface area contributed by atoms with Gasteiger partial charge in [-0.3, -0.25) is 0 Å². The summed E-state index contributed by atoms with van der Waals surface area (Å²) in [4.78, 5) is 31.5. The van der Waals surface area contributed by atoms with E-state index in [9.17, 15) is 14.7 Å². The molecule has 0 saturated carbocycles. The van der Waals surface area contributed by atoms with Crippen LogP contribution in [0.1, 0.15) is 19.5 Å². The molecule has 20 heavy (non-hydrogen) atoms. The van der Waals surface area contributed by atoms with Crippen molar-refractivity contribution in [2.24, 2.45) is 0 Å². The standard InChI is InChI=1S/C13H20N4O3/c1-4-5-17(9(2)3)13(20)16-11(12(18)19)6-10-7-14-8-15-10/h4,7-9,11H,1,5-6H2,2-3H3,(H,14,15)(H,16,20)(H,18,19)/t11-/m1/s1. The summed E-state index contributed by atoms with van der Waals surface area (Å²) < 4.78 is 0. The van der Waals surface area contributed by atoms with Crippen molar-refractivity contribution in [3.8, 4) is 0 Å². The van der Waals surface area contributed by atoms with E-state index in [2.05, 4.69) is 21.9 Å². The van der Waals surface area contributed by atoms with Crippen molar-refractivity contribution in [2.45, 2.75) is 32.4 Å². The quantitative estimate of drug-likeness (QED) is 0.649. The molecule has 0 aliphatic carbocycles. The SMILES string of the molecule is C=CCN(C(=O)N[C@H](Cc1cnc[nH]1)C(=O)O)C(C)C. The molecule has 0 aromatic carbocycles. The minimum Gasteiger partial charge on any atom is -0.480 e. The number of urea groups is 1. The molecule has 0 unspecified atom stereocenters. The van der Waals surface area contributed by atoms with E-state index in [4.69, 9.17) is 0 Å². The minimum atomic E-state index is -1.09. The van der Waals surface area contributed by atoms with Gasteiger partial charge in [0, 0.05) is 30.9 Å². The first-order valence-corrected chi connectivity index (χ1v) is 6.33. The van der Waals surface area contributed by atoms with E-state index < -0.39 is 18.0 Å². The summed E-state index contributed by atoms with van der Waals surface area (Å²) in [5.41, 5.74) is 0.650. The van der Waals surface area contributed by atoms with Crippen LogP contribution in [0, 0.1) is 0 Å². The molecule has 0 spiro atoms. The Kier molecular flexibility index (Phi) is 5.76. The zero-order valence-corrected chi connectivity index (χ0v) is 11.7. The van der Waals surface area contributed by atoms with E-state index in [1.165, 1.54) is 17.4 Å². The molecule has 2 amide bonds. The Morgan fingerprint density at radius 1 is 1.60 bits per heavy atom. The van der Waals surface area contributed by atoms with Crippen molar-refractivity contribution in [1.29, 1.82) is 0 Å². The van der Waals surface area contributed by atoms with Crippen LogP contribution in [0.15, 0.2) is 25.2 Å². The molecule has 0 radical (unpaired) electrons. The number of aromatic nitrogens is 2. The van der Waals surface area contributed by atoms with Crippen LogP contribution in [-0.4, -0.2) is 50.6 Å². The van der Waals surface area contributed by atoms with Crippen LogP contribution in [0.4, 0.5) is 4.79 Å². The molecule has 0 aliphatic heterocycles. The highest BCUT2D eigenvalue weighted by atomic mass is 16.4. The second-order valence-corrected chi connectivity index (χ2v) is 4.66. The van der Waals surface area contributed by atoms with Crippen molar-refractivity contribution in [3.63, 3.8) is 0 Å². The van der Waals surface area contributed by atoms with E-state index >= 15 is 0 Å². The molecule has 7 nitrogen and oxygen atoms in total. The third-order valence-electron chi connectivity index (χ3n) is 2.78. The number of carboxylic acid groups (broad SMARTS) is 1. The lowest BCUT2D eigenvalue weighted by atomic mass is 10.1. The van der Waals surface area contributed by atoms with Gasteiger partial charge in [-0.1, -0.05) is 6.08 Å². The molecule has 3 N–H and O–H groups in total. The monoisotopic (exact) mass is 280 g/mol. The highest BCUT2D eigenvalue weighted by Gasteiger charge is 2.24. The summed E-state index contributed by atoms with van der Waals surface area (Å²) in [5, 5.41) is 11.7. The van der Waals surface area contributed by atoms with Crippen molar-refractivity contribution in [2.75, 3.05) is 6.54 Å². The number of nitrogens with zero attached hydrogens (tertiary/aromatic N) is 2. The van der Waals surface area contributed by atoms with Crippen LogP contribution in [-0.2, 0) is 11.2 Å². The van der Waals surface area contributed by atoms with Gasteiger partial charge in [0.2, 0.25) is 0 Å². The number of imidazole rings is 1. The number of rotatable bonds is 7. The molecule has 0 fully saturated rings. The molecular weight excluding hydrogens is 260 g/mol. The highest BCUT2D eigenvalue weighted by Crippen LogP contribution is 2.03. The Bertz CT molecular complexity index is 456. The predicted octanol–water partition coefficient (Wildman–Crippen LogP) is 1.01. The Morgan fingerprint density at radius 3 is 2.75 bits per heavy atom. The molecule has 1 aromatic rings. The Balaban J connectivity index is 2.71.